The topological polar surface area (TPSA) is 35.5 Å². The van der Waals surface area contributed by atoms with E-state index in [1.165, 1.54) is 23.6 Å². The van der Waals surface area contributed by atoms with Crippen LogP contribution in [0.25, 0.3) is 0 Å². The quantitative estimate of drug-likeness (QED) is 0.452. The third kappa shape index (κ3) is 4.48. The fourth-order valence-electron chi connectivity index (χ4n) is 2.72. The van der Waals surface area contributed by atoms with Crippen LogP contribution in [0.4, 0.5) is 0 Å². The summed E-state index contributed by atoms with van der Waals surface area (Å²) in [6.45, 7) is 7.91. The van der Waals surface area contributed by atoms with E-state index in [0.29, 0.717) is 5.75 Å². The molecule has 3 nitrogen and oxygen atoms in total. The van der Waals surface area contributed by atoms with Crippen molar-refractivity contribution >= 4 is 5.97 Å². The fraction of sp³-hybridized carbons (Fsp3) is 0.350. The van der Waals surface area contributed by atoms with E-state index < -0.39 is 0 Å². The van der Waals surface area contributed by atoms with E-state index in [4.69, 9.17) is 9.47 Å². The third-order valence-corrected chi connectivity index (χ3v) is 4.22. The second-order valence-electron chi connectivity index (χ2n) is 6.12. The van der Waals surface area contributed by atoms with Crippen molar-refractivity contribution in [1.82, 2.24) is 0 Å². The van der Waals surface area contributed by atoms with Gasteiger partial charge in [0.25, 0.3) is 0 Å². The van der Waals surface area contributed by atoms with Crippen molar-refractivity contribution in [2.24, 2.45) is 0 Å². The summed E-state index contributed by atoms with van der Waals surface area (Å²) in [6.07, 6.45) is 0.929. The fourth-order valence-corrected chi connectivity index (χ4v) is 2.72. The van der Waals surface area contributed by atoms with E-state index in [0.717, 1.165) is 12.2 Å². The van der Waals surface area contributed by atoms with Crippen LogP contribution in [0.1, 0.15) is 44.4 Å². The molecule has 0 saturated heterocycles. The van der Waals surface area contributed by atoms with Gasteiger partial charge >= 0.3 is 5.97 Å². The number of hydrogen-bond donors (Lipinski definition) is 0. The molecule has 0 heterocycles. The Balaban J connectivity index is 0.00000288. The molecule has 0 aromatic heterocycles. The molecule has 0 amide bonds. The Morgan fingerprint density at radius 3 is 2.12 bits per heavy atom. The van der Waals surface area contributed by atoms with Crippen LogP contribution < -0.4 is 9.47 Å². The molecular weight excluding hydrogens is 472 g/mol. The van der Waals surface area contributed by atoms with Crippen LogP contribution >= 0.6 is 0 Å². The van der Waals surface area contributed by atoms with E-state index in [-0.39, 0.29) is 32.4 Å². The number of methoxy groups -OCH3 is 1. The van der Waals surface area contributed by atoms with Gasteiger partial charge in [-0.1, -0.05) is 45.0 Å². The van der Waals surface area contributed by atoms with Crippen molar-refractivity contribution in [2.75, 3.05) is 7.11 Å². The van der Waals surface area contributed by atoms with E-state index in [1.807, 2.05) is 30.3 Å². The van der Waals surface area contributed by atoms with Gasteiger partial charge in [-0.15, -0.1) is 0 Å². The number of ether oxygens (including phenoxy) is 2. The minimum absolute atomic E-state index is 0. The Bertz CT molecular complexity index is 691. The van der Waals surface area contributed by atoms with Gasteiger partial charge in [0.05, 0.1) is 7.11 Å². The van der Waals surface area contributed by atoms with Crippen LogP contribution in [-0.4, -0.2) is 13.1 Å². The summed E-state index contributed by atoms with van der Waals surface area (Å²) in [4.78, 5) is 11.0. The minimum atomic E-state index is -0.306. The summed E-state index contributed by atoms with van der Waals surface area (Å²) in [5, 5.41) is 0. The molecule has 2 aromatic rings. The molecule has 0 bridgehead atoms. The third-order valence-electron chi connectivity index (χ3n) is 4.22. The maximum absolute atomic E-state index is 11.0. The molecule has 0 N–H and O–H groups in total. The van der Waals surface area contributed by atoms with Crippen molar-refractivity contribution in [3.63, 3.8) is 0 Å². The van der Waals surface area contributed by atoms with Crippen LogP contribution in [0.5, 0.6) is 11.5 Å². The number of esters is 1. The summed E-state index contributed by atoms with van der Waals surface area (Å²) in [7, 11) is 1.70. The molecule has 128 valence electrons. The number of aryl methyl sites for hydroxylation is 1. The minimum Gasteiger partial charge on any atom is -0.496 e. The van der Waals surface area contributed by atoms with E-state index >= 15 is 0 Å². The van der Waals surface area contributed by atoms with Gasteiger partial charge < -0.3 is 9.47 Å². The monoisotopic (exact) mass is 496 g/mol. The standard InChI is InChI=1S/C20H24O3.W/c1-6-15-13-17(9-12-19(15)22-5)20(3,4)16-7-10-18(11-8-16)23-14(2)21;/h7-13H,6H2,1-5H3;. The predicted molar refractivity (Wildman–Crippen MR) is 92.3 cm³/mol. The maximum atomic E-state index is 11.0. The maximum Gasteiger partial charge on any atom is 0.308 e. The Kier molecular flexibility index (Phi) is 7.23. The van der Waals surface area contributed by atoms with Gasteiger partial charge in [0.2, 0.25) is 0 Å². The average molecular weight is 496 g/mol. The molecule has 24 heavy (non-hydrogen) atoms. The molecule has 0 atom stereocenters. The first-order valence-electron chi connectivity index (χ1n) is 7.84. The molecule has 0 spiro atoms. The van der Waals surface area contributed by atoms with Gasteiger partial charge in [-0.05, 0) is 41.3 Å². The smallest absolute Gasteiger partial charge is 0.308 e. The number of carbonyl (C=O) groups excluding carboxylic acids is 1. The molecule has 4 heteroatoms. The zero-order valence-corrected chi connectivity index (χ0v) is 17.8. The summed E-state index contributed by atoms with van der Waals surface area (Å²) in [5.74, 6) is 1.19. The first-order valence-corrected chi connectivity index (χ1v) is 7.84. The number of hydrogen-bond acceptors (Lipinski definition) is 3. The van der Waals surface area contributed by atoms with Crippen molar-refractivity contribution in [2.45, 2.75) is 39.5 Å². The Morgan fingerprint density at radius 1 is 1.04 bits per heavy atom. The van der Waals surface area contributed by atoms with Crippen LogP contribution in [0.2, 0.25) is 0 Å². The number of rotatable bonds is 5. The molecule has 2 rings (SSSR count). The second kappa shape index (κ2) is 8.48. The van der Waals surface area contributed by atoms with Crippen LogP contribution in [0.15, 0.2) is 42.5 Å². The zero-order valence-electron chi connectivity index (χ0n) is 14.9. The molecule has 0 fully saturated rings. The summed E-state index contributed by atoms with van der Waals surface area (Å²) < 4.78 is 10.5. The molecule has 0 unspecified atom stereocenters. The molecule has 2 aromatic carbocycles. The van der Waals surface area contributed by atoms with Gasteiger partial charge in [-0.2, -0.15) is 0 Å². The molecule has 0 aliphatic heterocycles. The molecule has 0 aliphatic rings. The van der Waals surface area contributed by atoms with Crippen molar-refractivity contribution in [3.8, 4) is 11.5 Å². The van der Waals surface area contributed by atoms with E-state index in [1.54, 1.807) is 7.11 Å². The predicted octanol–water partition coefficient (Wildman–Crippen LogP) is 4.51. The molecule has 0 saturated carbocycles. The molecular formula is C20H24O3W. The Morgan fingerprint density at radius 2 is 1.62 bits per heavy atom. The zero-order chi connectivity index (χ0) is 17.0. The summed E-state index contributed by atoms with van der Waals surface area (Å²) in [5.41, 5.74) is 3.45. The average Bonchev–Trinajstić information content (AvgIpc) is 2.54. The van der Waals surface area contributed by atoms with Crippen molar-refractivity contribution in [3.05, 3.63) is 59.2 Å². The van der Waals surface area contributed by atoms with Gasteiger partial charge in [-0.25, -0.2) is 0 Å². The van der Waals surface area contributed by atoms with Gasteiger partial charge in [-0.3, -0.25) is 4.79 Å². The summed E-state index contributed by atoms with van der Waals surface area (Å²) >= 11 is 0. The van der Waals surface area contributed by atoms with Crippen molar-refractivity contribution in [1.29, 1.82) is 0 Å². The van der Waals surface area contributed by atoms with Gasteiger partial charge in [0.15, 0.2) is 0 Å². The van der Waals surface area contributed by atoms with E-state index in [2.05, 4.69) is 32.9 Å². The number of carbonyl (C=O) groups is 1. The van der Waals surface area contributed by atoms with Crippen LogP contribution in [0.3, 0.4) is 0 Å². The van der Waals surface area contributed by atoms with E-state index in [9.17, 15) is 4.79 Å². The Hall–Kier alpha value is -1.60. The van der Waals surface area contributed by atoms with Crippen LogP contribution in [-0.2, 0) is 37.7 Å². The normalized spacial score (nSPS) is 10.7. The molecule has 0 radical (unpaired) electrons. The van der Waals surface area contributed by atoms with Crippen LogP contribution in [0, 0.1) is 0 Å². The van der Waals surface area contributed by atoms with Crippen molar-refractivity contribution < 1.29 is 35.3 Å². The first kappa shape index (κ1) is 20.4. The Labute approximate surface area is 158 Å². The van der Waals surface area contributed by atoms with Gasteiger partial charge in [0.1, 0.15) is 11.5 Å². The molecule has 0 aliphatic carbocycles. The largest absolute Gasteiger partial charge is 0.496 e. The van der Waals surface area contributed by atoms with Gasteiger partial charge in [0, 0.05) is 33.4 Å². The SMILES string of the molecule is CCc1cc(C(C)(C)c2ccc(OC(C)=O)cc2)ccc1OC.[W]. The number of benzene rings is 2. The second-order valence-corrected chi connectivity index (χ2v) is 6.12. The first-order chi connectivity index (χ1) is 10.9. The summed E-state index contributed by atoms with van der Waals surface area (Å²) in [6, 6.07) is 14.0.